The molecule has 2 atom stereocenters. The van der Waals surface area contributed by atoms with Crippen LogP contribution in [0, 0.1) is 0 Å². The molecule has 0 aliphatic carbocycles. The fraction of sp³-hybridized carbons (Fsp3) is 0.400. The molecule has 10 nitrogen and oxygen atoms in total. The molecule has 10 heteroatoms. The Kier molecular flexibility index (Phi) is 7.55. The number of aliphatic carboxylic acids is 3. The second-order valence-corrected chi connectivity index (χ2v) is 3.66. The number of aromatic nitrogens is 2. The molecule has 0 saturated heterocycles. The van der Waals surface area contributed by atoms with Gasteiger partial charge >= 0.3 is 17.9 Å². The molecule has 20 heavy (non-hydrogen) atoms. The van der Waals surface area contributed by atoms with E-state index in [0.717, 1.165) is 0 Å². The van der Waals surface area contributed by atoms with Crippen molar-refractivity contribution in [1.29, 1.82) is 0 Å². The van der Waals surface area contributed by atoms with E-state index in [-0.39, 0.29) is 6.42 Å². The summed E-state index contributed by atoms with van der Waals surface area (Å²) in [7, 11) is 0. The van der Waals surface area contributed by atoms with Gasteiger partial charge in [-0.3, -0.25) is 9.59 Å². The molecule has 0 spiro atoms. The predicted octanol–water partition coefficient (Wildman–Crippen LogP) is -1.73. The lowest BCUT2D eigenvalue weighted by atomic mass is 10.2. The third kappa shape index (κ3) is 7.79. The van der Waals surface area contributed by atoms with E-state index in [1.807, 2.05) is 0 Å². The van der Waals surface area contributed by atoms with Gasteiger partial charge in [0, 0.05) is 12.6 Å². The number of rotatable bonds is 6. The normalized spacial score (nSPS) is 12.7. The van der Waals surface area contributed by atoms with Crippen molar-refractivity contribution in [1.82, 2.24) is 9.97 Å². The molecule has 0 aliphatic heterocycles. The van der Waals surface area contributed by atoms with E-state index in [1.165, 1.54) is 6.33 Å². The van der Waals surface area contributed by atoms with Crippen LogP contribution in [0.15, 0.2) is 12.5 Å². The van der Waals surface area contributed by atoms with Gasteiger partial charge in [0.05, 0.1) is 18.4 Å². The molecule has 0 saturated carbocycles. The summed E-state index contributed by atoms with van der Waals surface area (Å²) in [6.07, 6.45) is 0.837. The minimum Gasteiger partial charge on any atom is -0.481 e. The van der Waals surface area contributed by atoms with Crippen LogP contribution >= 0.6 is 0 Å². The zero-order valence-electron chi connectivity index (χ0n) is 10.3. The van der Waals surface area contributed by atoms with Crippen LogP contribution in [0.1, 0.15) is 12.1 Å². The Morgan fingerprint density at radius 3 is 2.15 bits per heavy atom. The second kappa shape index (κ2) is 8.61. The number of nitrogens with two attached hydrogens (primary N) is 1. The first kappa shape index (κ1) is 17.5. The number of imidazole rings is 1. The minimum atomic E-state index is -1.79. The van der Waals surface area contributed by atoms with Crippen LogP contribution in [0.3, 0.4) is 0 Å². The molecule has 1 unspecified atom stereocenters. The molecule has 1 aromatic heterocycles. The predicted molar refractivity (Wildman–Crippen MR) is 63.8 cm³/mol. The molecular formula is C10H15N3O7. The first-order valence-corrected chi connectivity index (χ1v) is 5.32. The molecule has 7 N–H and O–H groups in total. The number of nitrogens with one attached hydrogen (secondary N) is 1. The third-order valence-corrected chi connectivity index (χ3v) is 1.95. The van der Waals surface area contributed by atoms with Crippen LogP contribution in [0.2, 0.25) is 0 Å². The van der Waals surface area contributed by atoms with Crippen LogP contribution < -0.4 is 5.73 Å². The van der Waals surface area contributed by atoms with Gasteiger partial charge in [0.1, 0.15) is 6.04 Å². The number of hydrogen-bond donors (Lipinski definition) is 6. The SMILES string of the molecule is N[C@@H](Cc1c[nH]cn1)C(=O)O.O=C(O)CC(O)C(=O)O. The van der Waals surface area contributed by atoms with E-state index in [1.54, 1.807) is 6.20 Å². The zero-order chi connectivity index (χ0) is 15.7. The van der Waals surface area contributed by atoms with Crippen LogP contribution in [0.4, 0.5) is 0 Å². The number of carboxylic acid groups (broad SMARTS) is 3. The number of H-pyrrole nitrogens is 1. The van der Waals surface area contributed by atoms with Gasteiger partial charge in [-0.1, -0.05) is 0 Å². The topological polar surface area (TPSA) is 187 Å². The molecular weight excluding hydrogens is 274 g/mol. The number of nitrogens with zero attached hydrogens (tertiary/aromatic N) is 1. The van der Waals surface area contributed by atoms with Crippen molar-refractivity contribution in [3.63, 3.8) is 0 Å². The lowest BCUT2D eigenvalue weighted by molar-refractivity contribution is -0.152. The average Bonchev–Trinajstić information content (AvgIpc) is 2.81. The number of hydrogen-bond acceptors (Lipinski definition) is 6. The highest BCUT2D eigenvalue weighted by atomic mass is 16.4. The summed E-state index contributed by atoms with van der Waals surface area (Å²) in [6, 6.07) is -0.863. The number of aromatic amines is 1. The van der Waals surface area contributed by atoms with Gasteiger partial charge in [-0.2, -0.15) is 0 Å². The molecule has 0 aromatic carbocycles. The van der Waals surface area contributed by atoms with Gasteiger partial charge in [-0.25, -0.2) is 9.78 Å². The fourth-order valence-electron chi connectivity index (χ4n) is 0.968. The van der Waals surface area contributed by atoms with Crippen molar-refractivity contribution in [2.24, 2.45) is 5.73 Å². The molecule has 0 bridgehead atoms. The van der Waals surface area contributed by atoms with Crippen molar-refractivity contribution >= 4 is 17.9 Å². The molecule has 1 rings (SSSR count). The van der Waals surface area contributed by atoms with E-state index in [2.05, 4.69) is 9.97 Å². The summed E-state index contributed by atoms with van der Waals surface area (Å²) in [5, 5.41) is 32.6. The molecule has 1 aromatic rings. The summed E-state index contributed by atoms with van der Waals surface area (Å²) in [5.74, 6) is -3.85. The van der Waals surface area contributed by atoms with Crippen LogP contribution in [-0.4, -0.2) is 60.4 Å². The Labute approximate surface area is 112 Å². The maximum atomic E-state index is 10.3. The van der Waals surface area contributed by atoms with Gasteiger partial charge in [0.15, 0.2) is 6.10 Å². The van der Waals surface area contributed by atoms with Crippen LogP contribution in [0.25, 0.3) is 0 Å². The number of carbonyl (C=O) groups is 3. The molecule has 0 fully saturated rings. The molecule has 112 valence electrons. The highest BCUT2D eigenvalue weighted by Crippen LogP contribution is 1.95. The van der Waals surface area contributed by atoms with E-state index >= 15 is 0 Å². The largest absolute Gasteiger partial charge is 0.481 e. The minimum absolute atomic E-state index is 0.263. The Bertz CT molecular complexity index is 446. The zero-order valence-corrected chi connectivity index (χ0v) is 10.3. The van der Waals surface area contributed by atoms with E-state index < -0.39 is 36.5 Å². The second-order valence-electron chi connectivity index (χ2n) is 3.66. The quantitative estimate of drug-likeness (QED) is 0.353. The molecule has 0 amide bonds. The summed E-state index contributed by atoms with van der Waals surface area (Å²) in [4.78, 5) is 36.2. The van der Waals surface area contributed by atoms with E-state index in [4.69, 9.17) is 26.2 Å². The maximum absolute atomic E-state index is 10.3. The van der Waals surface area contributed by atoms with E-state index in [9.17, 15) is 14.4 Å². The van der Waals surface area contributed by atoms with Crippen molar-refractivity contribution in [3.8, 4) is 0 Å². The first-order valence-electron chi connectivity index (χ1n) is 5.32. The van der Waals surface area contributed by atoms with Crippen molar-refractivity contribution < 1.29 is 34.8 Å². The molecule has 0 aliphatic rings. The van der Waals surface area contributed by atoms with Crippen LogP contribution in [0.5, 0.6) is 0 Å². The van der Waals surface area contributed by atoms with Gasteiger partial charge in [-0.05, 0) is 0 Å². The Morgan fingerprint density at radius 1 is 1.25 bits per heavy atom. The average molecular weight is 289 g/mol. The van der Waals surface area contributed by atoms with Gasteiger partial charge in [0.2, 0.25) is 0 Å². The smallest absolute Gasteiger partial charge is 0.333 e. The maximum Gasteiger partial charge on any atom is 0.333 e. The Balaban J connectivity index is 0.000000370. The third-order valence-electron chi connectivity index (χ3n) is 1.95. The van der Waals surface area contributed by atoms with Crippen LogP contribution in [-0.2, 0) is 20.8 Å². The fourth-order valence-corrected chi connectivity index (χ4v) is 0.968. The Hall–Kier alpha value is -2.46. The molecule has 1 heterocycles. The lowest BCUT2D eigenvalue weighted by Gasteiger charge is -2.01. The van der Waals surface area contributed by atoms with Gasteiger partial charge < -0.3 is 31.1 Å². The van der Waals surface area contributed by atoms with Crippen molar-refractivity contribution in [3.05, 3.63) is 18.2 Å². The monoisotopic (exact) mass is 289 g/mol. The first-order chi connectivity index (χ1) is 9.23. The molecule has 0 radical (unpaired) electrons. The van der Waals surface area contributed by atoms with Gasteiger partial charge in [-0.15, -0.1) is 0 Å². The lowest BCUT2D eigenvalue weighted by Crippen LogP contribution is -2.32. The standard InChI is InChI=1S/C6H9N3O2.C4H6O5/c7-5(6(10)11)1-4-2-8-3-9-4;5-2(4(8)9)1-3(6)7/h2-3,5H,1,7H2,(H,8,9)(H,10,11);2,5H,1H2,(H,6,7)(H,8,9)/t5-;/m0./s1. The highest BCUT2D eigenvalue weighted by molar-refractivity contribution is 5.79. The number of aliphatic hydroxyl groups excluding tert-OH is 1. The van der Waals surface area contributed by atoms with Gasteiger partial charge in [0.25, 0.3) is 0 Å². The number of aliphatic hydroxyl groups is 1. The van der Waals surface area contributed by atoms with E-state index in [0.29, 0.717) is 5.69 Å². The van der Waals surface area contributed by atoms with Crippen molar-refractivity contribution in [2.75, 3.05) is 0 Å². The van der Waals surface area contributed by atoms with Crippen molar-refractivity contribution in [2.45, 2.75) is 25.0 Å². The number of carboxylic acids is 3. The summed E-state index contributed by atoms with van der Waals surface area (Å²) < 4.78 is 0. The Morgan fingerprint density at radius 2 is 1.85 bits per heavy atom. The summed E-state index contributed by atoms with van der Waals surface area (Å²) in [6.45, 7) is 0. The summed E-state index contributed by atoms with van der Waals surface area (Å²) >= 11 is 0. The summed E-state index contributed by atoms with van der Waals surface area (Å²) in [5.41, 5.74) is 5.92. The highest BCUT2D eigenvalue weighted by Gasteiger charge is 2.16.